The van der Waals surface area contributed by atoms with Crippen molar-refractivity contribution in [2.45, 2.75) is 83.6 Å². The summed E-state index contributed by atoms with van der Waals surface area (Å²) in [6.07, 6.45) is 11.7. The maximum Gasteiger partial charge on any atom is 0.255 e. The van der Waals surface area contributed by atoms with Crippen LogP contribution in [0.2, 0.25) is 0 Å². The van der Waals surface area contributed by atoms with Crippen LogP contribution in [0.3, 0.4) is 0 Å². The molecule has 160 valence electrons. The first kappa shape index (κ1) is 23.3. The Balaban J connectivity index is 1.89. The minimum atomic E-state index is -0.0814. The lowest BCUT2D eigenvalue weighted by molar-refractivity contribution is -0.119. The van der Waals surface area contributed by atoms with E-state index in [1.54, 1.807) is 0 Å². The molecule has 2 N–H and O–H groups in total. The number of para-hydroxylation sites is 1. The van der Waals surface area contributed by atoms with Crippen molar-refractivity contribution in [3.63, 3.8) is 0 Å². The van der Waals surface area contributed by atoms with Crippen LogP contribution in [0.15, 0.2) is 24.3 Å². The van der Waals surface area contributed by atoms with E-state index in [0.717, 1.165) is 32.1 Å². The van der Waals surface area contributed by atoms with Crippen molar-refractivity contribution >= 4 is 34.8 Å². The summed E-state index contributed by atoms with van der Waals surface area (Å²) in [6.45, 7) is 2.17. The van der Waals surface area contributed by atoms with Gasteiger partial charge in [0.1, 0.15) is 0 Å². The van der Waals surface area contributed by atoms with E-state index in [1.165, 1.54) is 32.1 Å². The van der Waals surface area contributed by atoms with Crippen LogP contribution >= 0.6 is 12.2 Å². The quantitative estimate of drug-likeness (QED) is 0.425. The predicted octanol–water partition coefficient (Wildman–Crippen LogP) is 5.26. The molecule has 0 atom stereocenters. The van der Waals surface area contributed by atoms with Crippen molar-refractivity contribution < 1.29 is 9.59 Å². The second kappa shape index (κ2) is 12.6. The molecule has 29 heavy (non-hydrogen) atoms. The van der Waals surface area contributed by atoms with Crippen molar-refractivity contribution in [3.8, 4) is 0 Å². The maximum absolute atomic E-state index is 13.1. The summed E-state index contributed by atoms with van der Waals surface area (Å²) in [5, 5.41) is 6.02. The van der Waals surface area contributed by atoms with Crippen LogP contribution in [0.25, 0.3) is 0 Å². The zero-order chi connectivity index (χ0) is 21.1. The molecule has 6 heteroatoms. The summed E-state index contributed by atoms with van der Waals surface area (Å²) in [7, 11) is 1.88. The highest BCUT2D eigenvalue weighted by Crippen LogP contribution is 2.25. The number of benzene rings is 1. The molecule has 2 rings (SSSR count). The van der Waals surface area contributed by atoms with Crippen molar-refractivity contribution in [2.24, 2.45) is 0 Å². The predicted molar refractivity (Wildman–Crippen MR) is 123 cm³/mol. The molecule has 0 bridgehead atoms. The zero-order valence-electron chi connectivity index (χ0n) is 17.8. The number of unbranched alkanes of at least 4 members (excludes halogenated alkanes) is 4. The van der Waals surface area contributed by atoms with Crippen molar-refractivity contribution in [1.82, 2.24) is 10.2 Å². The fraction of sp³-hybridized carbons (Fsp3) is 0.609. The average molecular weight is 418 g/mol. The van der Waals surface area contributed by atoms with Gasteiger partial charge in [0.15, 0.2) is 5.11 Å². The van der Waals surface area contributed by atoms with E-state index in [9.17, 15) is 9.59 Å². The van der Waals surface area contributed by atoms with Gasteiger partial charge in [-0.3, -0.25) is 9.59 Å². The number of rotatable bonds is 9. The van der Waals surface area contributed by atoms with Crippen molar-refractivity contribution in [3.05, 3.63) is 29.8 Å². The summed E-state index contributed by atoms with van der Waals surface area (Å²) in [4.78, 5) is 27.0. The topological polar surface area (TPSA) is 61.4 Å². The Morgan fingerprint density at radius 2 is 1.76 bits per heavy atom. The molecule has 2 amide bonds. The molecule has 0 unspecified atom stereocenters. The van der Waals surface area contributed by atoms with Gasteiger partial charge in [0.2, 0.25) is 5.91 Å². The molecule has 1 fully saturated rings. The standard InChI is InChI=1S/C23H35N3O2S/c1-3-4-5-6-10-17-21(27)25-23(29)24-20-16-12-11-15-19(20)22(28)26(2)18-13-8-7-9-14-18/h11-12,15-16,18H,3-10,13-14,17H2,1-2H3,(H2,24,25,27,29). The molecule has 1 aliphatic carbocycles. The monoisotopic (exact) mass is 417 g/mol. The van der Waals surface area contributed by atoms with Crippen LogP contribution in [0, 0.1) is 0 Å². The lowest BCUT2D eigenvalue weighted by Crippen LogP contribution is -2.39. The molecule has 0 aromatic heterocycles. The van der Waals surface area contributed by atoms with E-state index in [1.807, 2.05) is 36.2 Å². The van der Waals surface area contributed by atoms with E-state index < -0.39 is 0 Å². The van der Waals surface area contributed by atoms with Gasteiger partial charge in [0.25, 0.3) is 5.91 Å². The molecule has 1 aliphatic rings. The normalized spacial score (nSPS) is 14.3. The maximum atomic E-state index is 13.1. The summed E-state index contributed by atoms with van der Waals surface area (Å²) in [5.41, 5.74) is 1.21. The molecule has 0 radical (unpaired) electrons. The Morgan fingerprint density at radius 3 is 2.48 bits per heavy atom. The third kappa shape index (κ3) is 7.77. The molecule has 1 aromatic rings. The lowest BCUT2D eigenvalue weighted by Gasteiger charge is -2.31. The number of nitrogens with zero attached hydrogens (tertiary/aromatic N) is 1. The third-order valence-electron chi connectivity index (χ3n) is 5.61. The van der Waals surface area contributed by atoms with Crippen LogP contribution in [-0.2, 0) is 4.79 Å². The van der Waals surface area contributed by atoms with Gasteiger partial charge in [0, 0.05) is 19.5 Å². The number of hydrogen-bond donors (Lipinski definition) is 2. The van der Waals surface area contributed by atoms with Gasteiger partial charge < -0.3 is 15.5 Å². The van der Waals surface area contributed by atoms with Crippen LogP contribution in [0.1, 0.15) is 87.9 Å². The van der Waals surface area contributed by atoms with Gasteiger partial charge in [-0.15, -0.1) is 0 Å². The van der Waals surface area contributed by atoms with Gasteiger partial charge in [-0.2, -0.15) is 0 Å². The highest BCUT2D eigenvalue weighted by Gasteiger charge is 2.24. The minimum absolute atomic E-state index is 0.00921. The third-order valence-corrected chi connectivity index (χ3v) is 5.81. The van der Waals surface area contributed by atoms with E-state index in [4.69, 9.17) is 12.2 Å². The van der Waals surface area contributed by atoms with Gasteiger partial charge in [-0.1, -0.05) is 64.0 Å². The van der Waals surface area contributed by atoms with Crippen molar-refractivity contribution in [2.75, 3.05) is 12.4 Å². The lowest BCUT2D eigenvalue weighted by atomic mass is 9.94. The van der Waals surface area contributed by atoms with Gasteiger partial charge >= 0.3 is 0 Å². The molecule has 5 nitrogen and oxygen atoms in total. The molecule has 0 heterocycles. The van der Waals surface area contributed by atoms with E-state index in [-0.39, 0.29) is 16.9 Å². The zero-order valence-corrected chi connectivity index (χ0v) is 18.7. The number of hydrogen-bond acceptors (Lipinski definition) is 3. The van der Waals surface area contributed by atoms with Crippen LogP contribution < -0.4 is 10.6 Å². The largest absolute Gasteiger partial charge is 0.339 e. The first-order valence-electron chi connectivity index (χ1n) is 11.0. The fourth-order valence-electron chi connectivity index (χ4n) is 3.83. The molecular weight excluding hydrogens is 382 g/mol. The second-order valence-corrected chi connectivity index (χ2v) is 8.33. The Bertz CT molecular complexity index is 686. The smallest absolute Gasteiger partial charge is 0.255 e. The Kier molecular flexibility index (Phi) is 10.1. The molecule has 1 aromatic carbocycles. The summed E-state index contributed by atoms with van der Waals surface area (Å²) in [6, 6.07) is 7.64. The van der Waals surface area contributed by atoms with E-state index in [2.05, 4.69) is 17.6 Å². The number of nitrogens with one attached hydrogen (secondary N) is 2. The first-order valence-corrected chi connectivity index (χ1v) is 11.4. The average Bonchev–Trinajstić information content (AvgIpc) is 2.73. The van der Waals surface area contributed by atoms with Crippen LogP contribution in [0.4, 0.5) is 5.69 Å². The van der Waals surface area contributed by atoms with E-state index in [0.29, 0.717) is 23.7 Å². The molecule has 0 saturated heterocycles. The minimum Gasteiger partial charge on any atom is -0.339 e. The van der Waals surface area contributed by atoms with Crippen LogP contribution in [0.5, 0.6) is 0 Å². The van der Waals surface area contributed by atoms with Crippen molar-refractivity contribution in [1.29, 1.82) is 0 Å². The van der Waals surface area contributed by atoms with Gasteiger partial charge in [-0.05, 0) is 43.6 Å². The molecule has 0 spiro atoms. The van der Waals surface area contributed by atoms with Crippen LogP contribution in [-0.4, -0.2) is 34.9 Å². The molecule has 0 aliphatic heterocycles. The Morgan fingerprint density at radius 1 is 1.07 bits per heavy atom. The number of carbonyl (C=O) groups excluding carboxylic acids is 2. The SMILES string of the molecule is CCCCCCCC(=O)NC(=S)Nc1ccccc1C(=O)N(C)C1CCCCC1. The number of carbonyl (C=O) groups is 2. The summed E-state index contributed by atoms with van der Waals surface area (Å²) < 4.78 is 0. The Labute approximate surface area is 180 Å². The summed E-state index contributed by atoms with van der Waals surface area (Å²) in [5.74, 6) is -0.0906. The number of anilines is 1. The highest BCUT2D eigenvalue weighted by molar-refractivity contribution is 7.80. The molecular formula is C23H35N3O2S. The number of thiocarbonyl (C=S) groups is 1. The number of amides is 2. The second-order valence-electron chi connectivity index (χ2n) is 7.92. The first-order chi connectivity index (χ1) is 14.0. The van der Waals surface area contributed by atoms with Gasteiger partial charge in [-0.25, -0.2) is 0 Å². The highest BCUT2D eigenvalue weighted by atomic mass is 32.1. The fourth-order valence-corrected chi connectivity index (χ4v) is 4.06. The van der Waals surface area contributed by atoms with Gasteiger partial charge in [0.05, 0.1) is 11.3 Å². The van der Waals surface area contributed by atoms with E-state index >= 15 is 0 Å². The summed E-state index contributed by atoms with van der Waals surface area (Å²) >= 11 is 5.30. The Hall–Kier alpha value is -1.95. The molecule has 1 saturated carbocycles.